The zero-order valence-electron chi connectivity index (χ0n) is 9.01. The Morgan fingerprint density at radius 1 is 1.41 bits per heavy atom. The molecule has 4 N–H and O–H groups in total. The summed E-state index contributed by atoms with van der Waals surface area (Å²) in [6.07, 6.45) is 0.265. The normalized spacial score (nSPS) is 23.8. The molecule has 6 heteroatoms. The highest BCUT2D eigenvalue weighted by molar-refractivity contribution is 8.01. The predicted molar refractivity (Wildman–Crippen MR) is 64.3 cm³/mol. The van der Waals surface area contributed by atoms with Crippen LogP contribution in [0.5, 0.6) is 11.5 Å². The summed E-state index contributed by atoms with van der Waals surface area (Å²) in [5, 5.41) is 30.8. The molecule has 1 atom stereocenters. The molecule has 1 fully saturated rings. The van der Waals surface area contributed by atoms with Crippen LogP contribution < -0.4 is 5.32 Å². The number of phenolic OH excluding ortho intramolecular Hbond substituents is 2. The van der Waals surface area contributed by atoms with Crippen molar-refractivity contribution in [2.75, 3.05) is 12.3 Å². The number of hydrogen-bond acceptors (Lipinski definition) is 5. The largest absolute Gasteiger partial charge is 0.504 e. The molecule has 1 aliphatic heterocycles. The zero-order valence-corrected chi connectivity index (χ0v) is 9.83. The number of aliphatic carboxylic acids is 1. The van der Waals surface area contributed by atoms with Crippen LogP contribution in [0.3, 0.4) is 0 Å². The Bertz CT molecular complexity index is 443. The maximum absolute atomic E-state index is 11.3. The Kier molecular flexibility index (Phi) is 3.17. The predicted octanol–water partition coefficient (Wildman–Crippen LogP) is 0.758. The van der Waals surface area contributed by atoms with Crippen molar-refractivity contribution in [3.63, 3.8) is 0 Å². The second kappa shape index (κ2) is 4.46. The summed E-state index contributed by atoms with van der Waals surface area (Å²) in [5.74, 6) is -0.597. The van der Waals surface area contributed by atoms with Crippen LogP contribution >= 0.6 is 11.8 Å². The first-order chi connectivity index (χ1) is 8.03. The van der Waals surface area contributed by atoms with Gasteiger partial charge in [-0.25, -0.2) is 4.79 Å². The van der Waals surface area contributed by atoms with Gasteiger partial charge in [-0.05, 0) is 17.7 Å². The van der Waals surface area contributed by atoms with Crippen molar-refractivity contribution in [2.45, 2.75) is 11.3 Å². The van der Waals surface area contributed by atoms with Crippen molar-refractivity contribution >= 4 is 17.7 Å². The van der Waals surface area contributed by atoms with E-state index >= 15 is 0 Å². The van der Waals surface area contributed by atoms with Gasteiger partial charge in [-0.15, -0.1) is 11.8 Å². The maximum Gasteiger partial charge on any atom is 0.334 e. The minimum Gasteiger partial charge on any atom is -0.504 e. The first-order valence-electron chi connectivity index (χ1n) is 5.17. The van der Waals surface area contributed by atoms with Crippen LogP contribution in [0.25, 0.3) is 0 Å². The Hall–Kier alpha value is -1.40. The van der Waals surface area contributed by atoms with Crippen molar-refractivity contribution in [2.24, 2.45) is 0 Å². The van der Waals surface area contributed by atoms with E-state index < -0.39 is 10.8 Å². The maximum atomic E-state index is 11.3. The Morgan fingerprint density at radius 3 is 2.71 bits per heavy atom. The van der Waals surface area contributed by atoms with E-state index in [9.17, 15) is 20.1 Å². The summed E-state index contributed by atoms with van der Waals surface area (Å²) in [6, 6.07) is 4.36. The summed E-state index contributed by atoms with van der Waals surface area (Å²) in [6.45, 7) is 0.654. The quantitative estimate of drug-likeness (QED) is 0.596. The van der Waals surface area contributed by atoms with Crippen LogP contribution in [0.4, 0.5) is 0 Å². The van der Waals surface area contributed by atoms with E-state index in [0.717, 1.165) is 5.75 Å². The highest BCUT2D eigenvalue weighted by Gasteiger charge is 2.42. The van der Waals surface area contributed by atoms with E-state index in [1.807, 2.05) is 0 Å². The number of benzene rings is 1. The molecule has 1 aromatic rings. The molecule has 1 aromatic carbocycles. The number of thioether (sulfide) groups is 1. The highest BCUT2D eigenvalue weighted by atomic mass is 32.2. The summed E-state index contributed by atoms with van der Waals surface area (Å²) >= 11 is 1.35. The lowest BCUT2D eigenvalue weighted by molar-refractivity contribution is -0.140. The van der Waals surface area contributed by atoms with Gasteiger partial charge >= 0.3 is 5.97 Å². The van der Waals surface area contributed by atoms with Crippen molar-refractivity contribution in [1.29, 1.82) is 0 Å². The Morgan fingerprint density at radius 2 is 2.18 bits per heavy atom. The van der Waals surface area contributed by atoms with Gasteiger partial charge in [0.2, 0.25) is 0 Å². The lowest BCUT2D eigenvalue weighted by Gasteiger charge is -2.23. The molecule has 0 radical (unpaired) electrons. The third-order valence-electron chi connectivity index (χ3n) is 2.70. The Labute approximate surface area is 102 Å². The SMILES string of the molecule is O=C(O)[C@@]1(Cc2ccc(O)c(O)c2)NCCS1. The van der Waals surface area contributed by atoms with E-state index in [1.165, 1.54) is 23.9 Å². The molecule has 2 rings (SSSR count). The number of hydrogen-bond donors (Lipinski definition) is 4. The third kappa shape index (κ3) is 2.32. The lowest BCUT2D eigenvalue weighted by atomic mass is 10.0. The van der Waals surface area contributed by atoms with Crippen molar-refractivity contribution in [1.82, 2.24) is 5.32 Å². The molecule has 0 amide bonds. The minimum absolute atomic E-state index is 0.204. The molecule has 5 nitrogen and oxygen atoms in total. The monoisotopic (exact) mass is 255 g/mol. The highest BCUT2D eigenvalue weighted by Crippen LogP contribution is 2.33. The first-order valence-corrected chi connectivity index (χ1v) is 6.15. The van der Waals surface area contributed by atoms with Crippen molar-refractivity contribution in [3.8, 4) is 11.5 Å². The molecule has 92 valence electrons. The molecule has 0 bridgehead atoms. The van der Waals surface area contributed by atoms with E-state index in [1.54, 1.807) is 6.07 Å². The van der Waals surface area contributed by atoms with Gasteiger partial charge in [0.1, 0.15) is 0 Å². The molecule has 1 aliphatic rings. The Balaban J connectivity index is 2.23. The molecular formula is C11H13NO4S. The number of nitrogens with one attached hydrogen (secondary N) is 1. The summed E-state index contributed by atoms with van der Waals surface area (Å²) < 4.78 is 0. The van der Waals surface area contributed by atoms with Crippen molar-refractivity contribution < 1.29 is 20.1 Å². The van der Waals surface area contributed by atoms with E-state index in [0.29, 0.717) is 12.1 Å². The van der Waals surface area contributed by atoms with Crippen LogP contribution in [0, 0.1) is 0 Å². The average Bonchev–Trinajstić information content (AvgIpc) is 2.73. The van der Waals surface area contributed by atoms with Crippen LogP contribution in [-0.2, 0) is 11.2 Å². The number of rotatable bonds is 3. The van der Waals surface area contributed by atoms with E-state index in [2.05, 4.69) is 5.32 Å². The van der Waals surface area contributed by atoms with E-state index in [-0.39, 0.29) is 17.9 Å². The number of aromatic hydroxyl groups is 2. The molecule has 0 unspecified atom stereocenters. The smallest absolute Gasteiger partial charge is 0.334 e. The molecule has 1 heterocycles. The lowest BCUT2D eigenvalue weighted by Crippen LogP contribution is -2.47. The molecule has 17 heavy (non-hydrogen) atoms. The fourth-order valence-corrected chi connectivity index (χ4v) is 2.97. The molecule has 0 spiro atoms. The third-order valence-corrected chi connectivity index (χ3v) is 4.06. The minimum atomic E-state index is -1.02. The fourth-order valence-electron chi connectivity index (χ4n) is 1.82. The van der Waals surface area contributed by atoms with E-state index in [4.69, 9.17) is 0 Å². The number of carboxylic acid groups (broad SMARTS) is 1. The van der Waals surface area contributed by atoms with Gasteiger partial charge in [0.05, 0.1) is 0 Å². The van der Waals surface area contributed by atoms with Gasteiger partial charge < -0.3 is 15.3 Å². The van der Waals surface area contributed by atoms with Crippen LogP contribution in [-0.4, -0.2) is 38.5 Å². The second-order valence-electron chi connectivity index (χ2n) is 3.91. The van der Waals surface area contributed by atoms with Crippen LogP contribution in [0.15, 0.2) is 18.2 Å². The molecule has 0 aliphatic carbocycles. The fraction of sp³-hybridized carbons (Fsp3) is 0.364. The van der Waals surface area contributed by atoms with Gasteiger partial charge in [-0.3, -0.25) is 5.32 Å². The number of carbonyl (C=O) groups is 1. The molecule has 0 aromatic heterocycles. The van der Waals surface area contributed by atoms with Gasteiger partial charge in [-0.1, -0.05) is 6.07 Å². The van der Waals surface area contributed by atoms with Gasteiger partial charge in [0, 0.05) is 18.7 Å². The molecular weight excluding hydrogens is 242 g/mol. The summed E-state index contributed by atoms with van der Waals surface area (Å²) in [4.78, 5) is 10.3. The average molecular weight is 255 g/mol. The summed E-state index contributed by atoms with van der Waals surface area (Å²) in [7, 11) is 0. The zero-order chi connectivity index (χ0) is 12.5. The van der Waals surface area contributed by atoms with Gasteiger partial charge in [0.25, 0.3) is 0 Å². The van der Waals surface area contributed by atoms with Gasteiger partial charge in [0.15, 0.2) is 16.4 Å². The summed E-state index contributed by atoms with van der Waals surface area (Å²) in [5.41, 5.74) is 0.671. The first kappa shape index (κ1) is 12.1. The van der Waals surface area contributed by atoms with Crippen molar-refractivity contribution in [3.05, 3.63) is 23.8 Å². The molecule has 0 saturated carbocycles. The van der Waals surface area contributed by atoms with Crippen LogP contribution in [0.1, 0.15) is 5.56 Å². The second-order valence-corrected chi connectivity index (χ2v) is 5.30. The number of carboxylic acids is 1. The topological polar surface area (TPSA) is 89.8 Å². The van der Waals surface area contributed by atoms with Gasteiger partial charge in [-0.2, -0.15) is 0 Å². The molecule has 1 saturated heterocycles. The number of phenols is 2. The standard InChI is InChI=1S/C11H13NO4S/c13-8-2-1-7(5-9(8)14)6-11(10(15)16)12-3-4-17-11/h1-2,5,12-14H,3-4,6H2,(H,15,16)/t11-/m0/s1. The van der Waals surface area contributed by atoms with Crippen LogP contribution in [0.2, 0.25) is 0 Å².